The van der Waals surface area contributed by atoms with Gasteiger partial charge < -0.3 is 10.6 Å². The minimum Gasteiger partial charge on any atom is -0.399 e. The summed E-state index contributed by atoms with van der Waals surface area (Å²) in [5.74, 6) is 0.681. The van der Waals surface area contributed by atoms with Gasteiger partial charge in [-0.25, -0.2) is 8.78 Å². The molecule has 20 heavy (non-hydrogen) atoms. The zero-order valence-corrected chi connectivity index (χ0v) is 11.7. The lowest BCUT2D eigenvalue weighted by Crippen LogP contribution is -2.47. The van der Waals surface area contributed by atoms with Crippen LogP contribution in [0.4, 0.5) is 20.2 Å². The summed E-state index contributed by atoms with van der Waals surface area (Å²) < 4.78 is 26.6. The van der Waals surface area contributed by atoms with Crippen LogP contribution in [0.3, 0.4) is 0 Å². The number of nitrogens with two attached hydrogens (primary N) is 1. The molecule has 0 spiro atoms. The van der Waals surface area contributed by atoms with Crippen LogP contribution >= 0.6 is 0 Å². The third-order valence-corrected chi connectivity index (χ3v) is 4.84. The molecule has 1 aromatic carbocycles. The molecule has 1 aliphatic carbocycles. The molecule has 0 amide bonds. The minimum atomic E-state index is -2.46. The topological polar surface area (TPSA) is 29.3 Å². The van der Waals surface area contributed by atoms with Crippen LogP contribution in [0.5, 0.6) is 0 Å². The van der Waals surface area contributed by atoms with Crippen LogP contribution < -0.4 is 10.6 Å². The average molecular weight is 280 g/mol. The highest BCUT2D eigenvalue weighted by Gasteiger charge is 2.34. The first-order valence-corrected chi connectivity index (χ1v) is 7.61. The van der Waals surface area contributed by atoms with Crippen LogP contribution in [-0.2, 0) is 0 Å². The largest absolute Gasteiger partial charge is 0.399 e. The summed E-state index contributed by atoms with van der Waals surface area (Å²) >= 11 is 0. The van der Waals surface area contributed by atoms with Gasteiger partial charge in [0, 0.05) is 29.5 Å². The molecule has 1 saturated heterocycles. The number of fused-ring (bicyclic) bond motifs is 1. The Morgan fingerprint density at radius 3 is 2.65 bits per heavy atom. The second kappa shape index (κ2) is 5.58. The average Bonchev–Trinajstić information content (AvgIpc) is 2.46. The first-order valence-electron chi connectivity index (χ1n) is 7.61. The standard InChI is InChI=1S/C16H22F2N2/c17-16(18)13-10-12(19)7-8-15(13)20-9-3-5-11-4-1-2-6-14(11)20/h7-8,10-11,14,16H,1-6,9,19H2/t11-,14-/m1/s1. The Hall–Kier alpha value is -1.32. The van der Waals surface area contributed by atoms with Crippen LogP contribution in [0.1, 0.15) is 50.5 Å². The highest BCUT2D eigenvalue weighted by molar-refractivity contribution is 5.61. The maximum absolute atomic E-state index is 13.3. The van der Waals surface area contributed by atoms with Gasteiger partial charge in [0.2, 0.25) is 0 Å². The minimum absolute atomic E-state index is 0.0937. The Balaban J connectivity index is 1.94. The molecule has 1 heterocycles. The molecule has 110 valence electrons. The van der Waals surface area contributed by atoms with Crippen molar-refractivity contribution in [1.82, 2.24) is 0 Å². The second-order valence-corrected chi connectivity index (χ2v) is 6.07. The molecule has 2 fully saturated rings. The van der Waals surface area contributed by atoms with E-state index in [1.807, 2.05) is 0 Å². The van der Waals surface area contributed by atoms with E-state index in [0.29, 0.717) is 23.3 Å². The van der Waals surface area contributed by atoms with Crippen LogP contribution in [0, 0.1) is 5.92 Å². The van der Waals surface area contributed by atoms with Gasteiger partial charge in [-0.15, -0.1) is 0 Å². The molecule has 0 bridgehead atoms. The summed E-state index contributed by atoms with van der Waals surface area (Å²) in [6.07, 6.45) is 4.79. The third-order valence-electron chi connectivity index (χ3n) is 4.84. The maximum atomic E-state index is 13.3. The number of piperidine rings is 1. The Bertz CT molecular complexity index is 474. The van der Waals surface area contributed by atoms with Gasteiger partial charge in [0.15, 0.2) is 0 Å². The highest BCUT2D eigenvalue weighted by Crippen LogP contribution is 2.41. The second-order valence-electron chi connectivity index (χ2n) is 6.07. The number of nitrogen functional groups attached to an aromatic ring is 1. The lowest BCUT2D eigenvalue weighted by molar-refractivity contribution is 0.151. The lowest BCUT2D eigenvalue weighted by Gasteiger charge is -2.46. The van der Waals surface area contributed by atoms with Gasteiger partial charge in [-0.1, -0.05) is 12.8 Å². The number of benzene rings is 1. The van der Waals surface area contributed by atoms with Crippen molar-refractivity contribution in [3.63, 3.8) is 0 Å². The highest BCUT2D eigenvalue weighted by atomic mass is 19.3. The predicted molar refractivity (Wildman–Crippen MR) is 78.1 cm³/mol. The van der Waals surface area contributed by atoms with E-state index < -0.39 is 6.43 Å². The summed E-state index contributed by atoms with van der Waals surface area (Å²) in [7, 11) is 0. The molecule has 2 nitrogen and oxygen atoms in total. The van der Waals surface area contributed by atoms with Crippen molar-refractivity contribution in [2.75, 3.05) is 17.2 Å². The number of rotatable bonds is 2. The Morgan fingerprint density at radius 1 is 1.10 bits per heavy atom. The van der Waals surface area contributed by atoms with E-state index in [9.17, 15) is 8.78 Å². The molecule has 2 aliphatic rings. The van der Waals surface area contributed by atoms with E-state index in [1.54, 1.807) is 12.1 Å². The fourth-order valence-electron chi connectivity index (χ4n) is 3.93. The van der Waals surface area contributed by atoms with Crippen molar-refractivity contribution >= 4 is 11.4 Å². The zero-order chi connectivity index (χ0) is 14.1. The van der Waals surface area contributed by atoms with Crippen LogP contribution in [0.2, 0.25) is 0 Å². The van der Waals surface area contributed by atoms with Gasteiger partial charge in [-0.2, -0.15) is 0 Å². The third kappa shape index (κ3) is 2.48. The van der Waals surface area contributed by atoms with Crippen molar-refractivity contribution in [2.45, 2.75) is 51.0 Å². The summed E-state index contributed by atoms with van der Waals surface area (Å²) in [6, 6.07) is 5.41. The van der Waals surface area contributed by atoms with E-state index in [4.69, 9.17) is 5.73 Å². The van der Waals surface area contributed by atoms with Crippen molar-refractivity contribution < 1.29 is 8.78 Å². The summed E-state index contributed by atoms with van der Waals surface area (Å²) in [5.41, 5.74) is 6.89. The zero-order valence-electron chi connectivity index (χ0n) is 11.7. The Labute approximate surface area is 118 Å². The summed E-state index contributed by atoms with van der Waals surface area (Å²) in [4.78, 5) is 2.23. The normalized spacial score (nSPS) is 26.6. The summed E-state index contributed by atoms with van der Waals surface area (Å²) in [6.45, 7) is 0.894. The molecule has 2 N–H and O–H groups in total. The molecule has 0 radical (unpaired) electrons. The monoisotopic (exact) mass is 280 g/mol. The first-order chi connectivity index (χ1) is 9.66. The van der Waals surface area contributed by atoms with E-state index in [-0.39, 0.29) is 5.56 Å². The van der Waals surface area contributed by atoms with E-state index in [1.165, 1.54) is 31.7 Å². The Morgan fingerprint density at radius 2 is 1.85 bits per heavy atom. The maximum Gasteiger partial charge on any atom is 0.265 e. The number of hydrogen-bond donors (Lipinski definition) is 1. The number of anilines is 2. The van der Waals surface area contributed by atoms with Gasteiger partial charge in [0.1, 0.15) is 0 Å². The van der Waals surface area contributed by atoms with Crippen molar-refractivity contribution in [1.29, 1.82) is 0 Å². The van der Waals surface area contributed by atoms with E-state index >= 15 is 0 Å². The molecular weight excluding hydrogens is 258 g/mol. The fraction of sp³-hybridized carbons (Fsp3) is 0.625. The van der Waals surface area contributed by atoms with Gasteiger partial charge in [0.05, 0.1) is 0 Å². The molecule has 0 unspecified atom stereocenters. The van der Waals surface area contributed by atoms with Crippen LogP contribution in [0.15, 0.2) is 18.2 Å². The van der Waals surface area contributed by atoms with Crippen LogP contribution in [-0.4, -0.2) is 12.6 Å². The molecule has 1 saturated carbocycles. The van der Waals surface area contributed by atoms with E-state index in [2.05, 4.69) is 4.90 Å². The molecule has 1 aliphatic heterocycles. The first kappa shape index (κ1) is 13.7. The van der Waals surface area contributed by atoms with Gasteiger partial charge >= 0.3 is 0 Å². The molecule has 2 atom stereocenters. The molecule has 3 rings (SSSR count). The van der Waals surface area contributed by atoms with Crippen molar-refractivity contribution in [3.8, 4) is 0 Å². The SMILES string of the molecule is Nc1ccc(N2CCC[C@H]3CCCC[C@H]32)c(C(F)F)c1. The van der Waals surface area contributed by atoms with Crippen molar-refractivity contribution in [3.05, 3.63) is 23.8 Å². The molecule has 0 aromatic heterocycles. The molecule has 4 heteroatoms. The number of hydrogen-bond acceptors (Lipinski definition) is 2. The Kier molecular flexibility index (Phi) is 3.81. The van der Waals surface area contributed by atoms with Crippen molar-refractivity contribution in [2.24, 2.45) is 5.92 Å². The fourth-order valence-corrected chi connectivity index (χ4v) is 3.93. The van der Waals surface area contributed by atoms with Gasteiger partial charge in [0.25, 0.3) is 6.43 Å². The molecule has 1 aromatic rings. The van der Waals surface area contributed by atoms with E-state index in [0.717, 1.165) is 19.4 Å². The van der Waals surface area contributed by atoms with Gasteiger partial charge in [-0.05, 0) is 49.8 Å². The van der Waals surface area contributed by atoms with Crippen LogP contribution in [0.25, 0.3) is 0 Å². The number of halogens is 2. The predicted octanol–water partition coefficient (Wildman–Crippen LogP) is 4.37. The smallest absolute Gasteiger partial charge is 0.265 e. The number of alkyl halides is 2. The number of nitrogens with zero attached hydrogens (tertiary/aromatic N) is 1. The quantitative estimate of drug-likeness (QED) is 0.815. The molecular formula is C16H22F2N2. The summed E-state index contributed by atoms with van der Waals surface area (Å²) in [5, 5.41) is 0. The lowest BCUT2D eigenvalue weighted by atomic mass is 9.78. The van der Waals surface area contributed by atoms with Gasteiger partial charge in [-0.3, -0.25) is 0 Å².